The van der Waals surface area contributed by atoms with E-state index in [1.807, 2.05) is 6.92 Å². The van der Waals surface area contributed by atoms with Crippen LogP contribution in [0.25, 0.3) is 0 Å². The van der Waals surface area contributed by atoms with Crippen molar-refractivity contribution in [2.24, 2.45) is 11.7 Å². The number of thioether (sulfide) groups is 1. The van der Waals surface area contributed by atoms with E-state index < -0.39 is 12.0 Å². The van der Waals surface area contributed by atoms with Crippen LogP contribution in [0.3, 0.4) is 0 Å². The molecule has 1 amide bonds. The quantitative estimate of drug-likeness (QED) is 0.796. The molecule has 0 radical (unpaired) electrons. The molecule has 0 aromatic carbocycles. The maximum atomic E-state index is 12.5. The molecule has 1 heterocycles. The molecule has 4 unspecified atom stereocenters. The van der Waals surface area contributed by atoms with Gasteiger partial charge in [-0.2, -0.15) is 0 Å². The predicted octanol–water partition coefficient (Wildman–Crippen LogP) is 0.878. The lowest BCUT2D eigenvalue weighted by Gasteiger charge is -2.29. The van der Waals surface area contributed by atoms with Gasteiger partial charge < -0.3 is 15.7 Å². The second-order valence-electron chi connectivity index (χ2n) is 5.07. The normalized spacial score (nSPS) is 36.0. The summed E-state index contributed by atoms with van der Waals surface area (Å²) in [4.78, 5) is 25.3. The van der Waals surface area contributed by atoms with E-state index in [-0.39, 0.29) is 23.2 Å². The lowest BCUT2D eigenvalue weighted by molar-refractivity contribution is -0.150. The van der Waals surface area contributed by atoms with E-state index in [2.05, 4.69) is 0 Å². The van der Waals surface area contributed by atoms with Gasteiger partial charge in [0.05, 0.1) is 5.37 Å². The Kier molecular flexibility index (Phi) is 4.17. The smallest absolute Gasteiger partial charge is 0.327 e. The van der Waals surface area contributed by atoms with Crippen LogP contribution in [0.2, 0.25) is 0 Å². The number of amides is 1. The number of nitrogens with two attached hydrogens (primary N) is 1. The molecule has 2 rings (SSSR count). The van der Waals surface area contributed by atoms with Crippen molar-refractivity contribution in [2.75, 3.05) is 5.75 Å². The van der Waals surface area contributed by atoms with Gasteiger partial charge in [-0.1, -0.05) is 6.92 Å². The highest BCUT2D eigenvalue weighted by atomic mass is 32.2. The standard InChI is InChI=1S/C12H20N2O3S/c1-2-10-14(9(6-18-10)12(16)17)11(15)7-3-4-8(13)5-7/h7-10H,2-6,13H2,1H3,(H,16,17). The van der Waals surface area contributed by atoms with Crippen LogP contribution >= 0.6 is 11.8 Å². The van der Waals surface area contributed by atoms with E-state index in [4.69, 9.17) is 5.73 Å². The summed E-state index contributed by atoms with van der Waals surface area (Å²) in [7, 11) is 0. The Morgan fingerprint density at radius 2 is 2.17 bits per heavy atom. The van der Waals surface area contributed by atoms with Crippen LogP contribution in [-0.2, 0) is 9.59 Å². The van der Waals surface area contributed by atoms with Gasteiger partial charge in [0.25, 0.3) is 0 Å². The Hall–Kier alpha value is -0.750. The summed E-state index contributed by atoms with van der Waals surface area (Å²) in [5, 5.41) is 9.22. The summed E-state index contributed by atoms with van der Waals surface area (Å²) in [5.41, 5.74) is 5.83. The lowest BCUT2D eigenvalue weighted by Crippen LogP contribution is -2.47. The molecule has 1 saturated heterocycles. The van der Waals surface area contributed by atoms with E-state index in [0.29, 0.717) is 12.2 Å². The number of carboxylic acids is 1. The fraction of sp³-hybridized carbons (Fsp3) is 0.833. The minimum absolute atomic E-state index is 0.00722. The van der Waals surface area contributed by atoms with Crippen molar-refractivity contribution in [1.82, 2.24) is 4.90 Å². The number of hydrogen-bond acceptors (Lipinski definition) is 4. The van der Waals surface area contributed by atoms with Crippen molar-refractivity contribution in [1.29, 1.82) is 0 Å². The first-order chi connectivity index (χ1) is 8.54. The zero-order chi connectivity index (χ0) is 13.3. The molecule has 0 aromatic rings. The zero-order valence-corrected chi connectivity index (χ0v) is 11.4. The predicted molar refractivity (Wildman–Crippen MR) is 70.1 cm³/mol. The molecule has 6 heteroatoms. The highest BCUT2D eigenvalue weighted by Crippen LogP contribution is 2.35. The summed E-state index contributed by atoms with van der Waals surface area (Å²) < 4.78 is 0. The highest BCUT2D eigenvalue weighted by Gasteiger charge is 2.43. The summed E-state index contributed by atoms with van der Waals surface area (Å²) in [6.45, 7) is 1.99. The van der Waals surface area contributed by atoms with Gasteiger partial charge in [0, 0.05) is 17.7 Å². The number of nitrogens with zero attached hydrogens (tertiary/aromatic N) is 1. The molecule has 5 nitrogen and oxygen atoms in total. The molecule has 1 saturated carbocycles. The topological polar surface area (TPSA) is 83.6 Å². The third-order valence-corrected chi connectivity index (χ3v) is 5.26. The van der Waals surface area contributed by atoms with Crippen molar-refractivity contribution in [3.8, 4) is 0 Å². The average molecular weight is 272 g/mol. The third kappa shape index (κ3) is 2.49. The number of rotatable bonds is 3. The average Bonchev–Trinajstić information content (AvgIpc) is 2.93. The summed E-state index contributed by atoms with van der Waals surface area (Å²) in [6.07, 6.45) is 3.15. The largest absolute Gasteiger partial charge is 0.480 e. The first-order valence-electron chi connectivity index (χ1n) is 6.46. The first-order valence-corrected chi connectivity index (χ1v) is 7.51. The van der Waals surface area contributed by atoms with Crippen molar-refractivity contribution in [3.63, 3.8) is 0 Å². The molecular weight excluding hydrogens is 252 g/mol. The van der Waals surface area contributed by atoms with Crippen molar-refractivity contribution < 1.29 is 14.7 Å². The van der Waals surface area contributed by atoms with Gasteiger partial charge in [-0.05, 0) is 25.7 Å². The fourth-order valence-electron chi connectivity index (χ4n) is 2.82. The fourth-order valence-corrected chi connectivity index (χ4v) is 4.17. The van der Waals surface area contributed by atoms with E-state index in [0.717, 1.165) is 19.3 Å². The summed E-state index contributed by atoms with van der Waals surface area (Å²) in [6, 6.07) is -0.568. The van der Waals surface area contributed by atoms with Crippen LogP contribution in [0.1, 0.15) is 32.6 Å². The number of carboxylic acid groups (broad SMARTS) is 1. The van der Waals surface area contributed by atoms with Crippen LogP contribution in [-0.4, -0.2) is 45.1 Å². The molecule has 3 N–H and O–H groups in total. The Balaban J connectivity index is 2.11. The molecule has 0 spiro atoms. The van der Waals surface area contributed by atoms with Crippen molar-refractivity contribution in [3.05, 3.63) is 0 Å². The van der Waals surface area contributed by atoms with E-state index >= 15 is 0 Å². The van der Waals surface area contributed by atoms with E-state index in [1.54, 1.807) is 16.7 Å². The number of aliphatic carboxylic acids is 1. The van der Waals surface area contributed by atoms with Gasteiger partial charge >= 0.3 is 5.97 Å². The van der Waals surface area contributed by atoms with E-state index in [9.17, 15) is 14.7 Å². The molecule has 102 valence electrons. The van der Waals surface area contributed by atoms with Crippen LogP contribution < -0.4 is 5.73 Å². The van der Waals surface area contributed by atoms with Gasteiger partial charge in [-0.15, -0.1) is 11.8 Å². The second kappa shape index (κ2) is 5.48. The number of carbonyl (C=O) groups is 2. The molecule has 0 aromatic heterocycles. The van der Waals surface area contributed by atoms with Gasteiger partial charge in [0.2, 0.25) is 5.91 Å². The van der Waals surface area contributed by atoms with Crippen LogP contribution in [0.4, 0.5) is 0 Å². The van der Waals surface area contributed by atoms with Crippen molar-refractivity contribution >= 4 is 23.6 Å². The molecule has 2 aliphatic rings. The SMILES string of the molecule is CCC1SCC(C(=O)O)N1C(=O)C1CCC(N)C1. The van der Waals surface area contributed by atoms with Gasteiger partial charge in [-0.3, -0.25) is 4.79 Å². The first kappa shape index (κ1) is 13.7. The zero-order valence-electron chi connectivity index (χ0n) is 10.5. The van der Waals surface area contributed by atoms with Gasteiger partial charge in [0.1, 0.15) is 6.04 Å². The number of hydrogen-bond donors (Lipinski definition) is 2. The van der Waals surface area contributed by atoms with Crippen LogP contribution in [0.5, 0.6) is 0 Å². The van der Waals surface area contributed by atoms with E-state index in [1.165, 1.54) is 0 Å². The highest BCUT2D eigenvalue weighted by molar-refractivity contribution is 8.00. The molecule has 1 aliphatic heterocycles. The molecule has 18 heavy (non-hydrogen) atoms. The molecule has 1 aliphatic carbocycles. The Labute approximate surface area is 111 Å². The van der Waals surface area contributed by atoms with Crippen molar-refractivity contribution in [2.45, 2.75) is 50.1 Å². The lowest BCUT2D eigenvalue weighted by atomic mass is 10.0. The third-order valence-electron chi connectivity index (χ3n) is 3.80. The van der Waals surface area contributed by atoms with Crippen LogP contribution in [0, 0.1) is 5.92 Å². The molecule has 4 atom stereocenters. The van der Waals surface area contributed by atoms with Crippen LogP contribution in [0.15, 0.2) is 0 Å². The van der Waals surface area contributed by atoms with Gasteiger partial charge in [0.15, 0.2) is 0 Å². The molecule has 0 bridgehead atoms. The monoisotopic (exact) mass is 272 g/mol. The number of carbonyl (C=O) groups excluding carboxylic acids is 1. The van der Waals surface area contributed by atoms with Gasteiger partial charge in [-0.25, -0.2) is 4.79 Å². The Morgan fingerprint density at radius 1 is 1.44 bits per heavy atom. The molecular formula is C12H20N2O3S. The minimum atomic E-state index is -0.894. The summed E-state index contributed by atoms with van der Waals surface area (Å²) >= 11 is 1.57. The second-order valence-corrected chi connectivity index (χ2v) is 6.28. The Bertz CT molecular complexity index is 350. The minimum Gasteiger partial charge on any atom is -0.480 e. The summed E-state index contributed by atoms with van der Waals surface area (Å²) in [5.74, 6) is -0.478. The Morgan fingerprint density at radius 3 is 2.67 bits per heavy atom. The molecule has 2 fully saturated rings. The maximum Gasteiger partial charge on any atom is 0.327 e. The maximum absolute atomic E-state index is 12.5.